The third-order valence-electron chi connectivity index (χ3n) is 1.61. The number of carboxylic acid groups (broad SMARTS) is 1. The summed E-state index contributed by atoms with van der Waals surface area (Å²) in [5, 5.41) is 12.6. The average molecular weight is 182 g/mol. The minimum atomic E-state index is -0.862. The molecule has 13 heavy (non-hydrogen) atoms. The molecule has 1 N–H and O–H groups in total. The number of aliphatic carboxylic acids is 1. The molecule has 72 valence electrons. The zero-order chi connectivity index (χ0) is 9.84. The Morgan fingerprint density at radius 3 is 2.92 bits per heavy atom. The number of nitrogens with zero attached hydrogens (tertiary/aromatic N) is 2. The summed E-state index contributed by atoms with van der Waals surface area (Å²) in [6, 6.07) is 1.86. The van der Waals surface area contributed by atoms with Crippen LogP contribution >= 0.6 is 0 Å². The van der Waals surface area contributed by atoms with Crippen LogP contribution in [0.2, 0.25) is 0 Å². The van der Waals surface area contributed by atoms with Gasteiger partial charge < -0.3 is 5.11 Å². The van der Waals surface area contributed by atoms with Crippen LogP contribution in [0.4, 0.5) is 0 Å². The van der Waals surface area contributed by atoms with E-state index in [9.17, 15) is 4.79 Å². The Labute approximate surface area is 77.2 Å². The van der Waals surface area contributed by atoms with Crippen LogP contribution in [0.15, 0.2) is 12.3 Å². The van der Waals surface area contributed by atoms with E-state index in [0.29, 0.717) is 5.92 Å². The van der Waals surface area contributed by atoms with E-state index in [4.69, 9.17) is 5.11 Å². The highest BCUT2D eigenvalue weighted by Gasteiger charge is 2.03. The zero-order valence-corrected chi connectivity index (χ0v) is 7.90. The number of carbonyl (C=O) groups is 1. The SMILES string of the molecule is CC(C)Cc1ccn(CC(=O)O)n1. The highest BCUT2D eigenvalue weighted by molar-refractivity contribution is 5.66. The van der Waals surface area contributed by atoms with E-state index in [0.717, 1.165) is 12.1 Å². The van der Waals surface area contributed by atoms with Crippen molar-refractivity contribution in [1.82, 2.24) is 9.78 Å². The van der Waals surface area contributed by atoms with Crippen molar-refractivity contribution < 1.29 is 9.90 Å². The van der Waals surface area contributed by atoms with Crippen LogP contribution in [0.5, 0.6) is 0 Å². The fourth-order valence-corrected chi connectivity index (χ4v) is 1.16. The molecule has 1 rings (SSSR count). The topological polar surface area (TPSA) is 55.1 Å². The van der Waals surface area contributed by atoms with Gasteiger partial charge in [-0.2, -0.15) is 5.10 Å². The summed E-state index contributed by atoms with van der Waals surface area (Å²) in [7, 11) is 0. The largest absolute Gasteiger partial charge is 0.480 e. The monoisotopic (exact) mass is 182 g/mol. The second kappa shape index (κ2) is 4.07. The van der Waals surface area contributed by atoms with Gasteiger partial charge in [0.15, 0.2) is 0 Å². The molecule has 1 heterocycles. The van der Waals surface area contributed by atoms with E-state index < -0.39 is 5.97 Å². The minimum absolute atomic E-state index is 0.0574. The molecule has 4 nitrogen and oxygen atoms in total. The van der Waals surface area contributed by atoms with Gasteiger partial charge in [0.2, 0.25) is 0 Å². The van der Waals surface area contributed by atoms with Gasteiger partial charge in [0, 0.05) is 6.20 Å². The summed E-state index contributed by atoms with van der Waals surface area (Å²) in [5.41, 5.74) is 0.955. The zero-order valence-electron chi connectivity index (χ0n) is 7.90. The van der Waals surface area contributed by atoms with Crippen LogP contribution in [-0.2, 0) is 17.8 Å². The molecule has 0 aliphatic rings. The second-order valence-corrected chi connectivity index (χ2v) is 3.50. The summed E-state index contributed by atoms with van der Waals surface area (Å²) in [6.07, 6.45) is 2.60. The number of hydrogen-bond donors (Lipinski definition) is 1. The normalized spacial score (nSPS) is 10.7. The molecule has 0 aliphatic carbocycles. The second-order valence-electron chi connectivity index (χ2n) is 3.50. The average Bonchev–Trinajstić information content (AvgIpc) is 2.33. The van der Waals surface area contributed by atoms with Gasteiger partial charge in [0.25, 0.3) is 0 Å². The molecule has 0 aromatic carbocycles. The molecule has 0 atom stereocenters. The minimum Gasteiger partial charge on any atom is -0.480 e. The van der Waals surface area contributed by atoms with Gasteiger partial charge >= 0.3 is 5.97 Å². The number of aromatic nitrogens is 2. The van der Waals surface area contributed by atoms with E-state index in [2.05, 4.69) is 18.9 Å². The maximum Gasteiger partial charge on any atom is 0.325 e. The van der Waals surface area contributed by atoms with Crippen molar-refractivity contribution in [2.24, 2.45) is 5.92 Å². The van der Waals surface area contributed by atoms with E-state index in [-0.39, 0.29) is 6.54 Å². The number of carboxylic acids is 1. The smallest absolute Gasteiger partial charge is 0.325 e. The maximum absolute atomic E-state index is 10.3. The van der Waals surface area contributed by atoms with Gasteiger partial charge in [-0.1, -0.05) is 13.8 Å². The molecular formula is C9H14N2O2. The third kappa shape index (κ3) is 3.27. The van der Waals surface area contributed by atoms with Gasteiger partial charge in [-0.15, -0.1) is 0 Å². The highest BCUT2D eigenvalue weighted by Crippen LogP contribution is 2.04. The first-order chi connectivity index (χ1) is 6.08. The summed E-state index contributed by atoms with van der Waals surface area (Å²) in [6.45, 7) is 4.16. The van der Waals surface area contributed by atoms with Crippen molar-refractivity contribution >= 4 is 5.97 Å². The molecule has 0 fully saturated rings. The van der Waals surface area contributed by atoms with Crippen LogP contribution in [-0.4, -0.2) is 20.9 Å². The van der Waals surface area contributed by atoms with Gasteiger partial charge in [-0.05, 0) is 18.4 Å². The van der Waals surface area contributed by atoms with Crippen LogP contribution in [0.25, 0.3) is 0 Å². The number of rotatable bonds is 4. The van der Waals surface area contributed by atoms with Gasteiger partial charge in [0.1, 0.15) is 6.54 Å². The Hall–Kier alpha value is -1.32. The van der Waals surface area contributed by atoms with Crippen molar-refractivity contribution in [3.63, 3.8) is 0 Å². The predicted molar refractivity (Wildman–Crippen MR) is 48.4 cm³/mol. The van der Waals surface area contributed by atoms with Crippen molar-refractivity contribution in [3.05, 3.63) is 18.0 Å². The lowest BCUT2D eigenvalue weighted by Gasteiger charge is -1.99. The van der Waals surface area contributed by atoms with E-state index in [1.54, 1.807) is 6.20 Å². The van der Waals surface area contributed by atoms with Crippen molar-refractivity contribution in [1.29, 1.82) is 0 Å². The molecule has 0 radical (unpaired) electrons. The van der Waals surface area contributed by atoms with E-state index in [1.165, 1.54) is 4.68 Å². The van der Waals surface area contributed by atoms with E-state index in [1.807, 2.05) is 6.07 Å². The van der Waals surface area contributed by atoms with Crippen LogP contribution in [0.3, 0.4) is 0 Å². The number of hydrogen-bond acceptors (Lipinski definition) is 2. The molecule has 0 unspecified atom stereocenters. The fourth-order valence-electron chi connectivity index (χ4n) is 1.16. The molecule has 1 aromatic heterocycles. The molecule has 0 bridgehead atoms. The first kappa shape index (κ1) is 9.77. The van der Waals surface area contributed by atoms with Gasteiger partial charge in [0.05, 0.1) is 5.69 Å². The van der Waals surface area contributed by atoms with Crippen molar-refractivity contribution in [2.45, 2.75) is 26.8 Å². The molecule has 0 aliphatic heterocycles. The molecule has 0 spiro atoms. The molecule has 0 amide bonds. The van der Waals surface area contributed by atoms with Gasteiger partial charge in [-0.3, -0.25) is 9.48 Å². The Balaban J connectivity index is 2.58. The summed E-state index contributed by atoms with van der Waals surface area (Å²) >= 11 is 0. The Morgan fingerprint density at radius 2 is 2.38 bits per heavy atom. The Bertz CT molecular complexity index is 292. The third-order valence-corrected chi connectivity index (χ3v) is 1.61. The molecule has 0 saturated carbocycles. The molecule has 1 aromatic rings. The standard InChI is InChI=1S/C9H14N2O2/c1-7(2)5-8-3-4-11(10-8)6-9(12)13/h3-4,7H,5-6H2,1-2H3,(H,12,13). The molecule has 0 saturated heterocycles. The quantitative estimate of drug-likeness (QED) is 0.760. The Morgan fingerprint density at radius 1 is 1.69 bits per heavy atom. The lowest BCUT2D eigenvalue weighted by Crippen LogP contribution is -2.09. The van der Waals surface area contributed by atoms with Crippen molar-refractivity contribution in [2.75, 3.05) is 0 Å². The highest BCUT2D eigenvalue weighted by atomic mass is 16.4. The maximum atomic E-state index is 10.3. The lowest BCUT2D eigenvalue weighted by atomic mass is 10.1. The van der Waals surface area contributed by atoms with Crippen LogP contribution < -0.4 is 0 Å². The first-order valence-corrected chi connectivity index (χ1v) is 4.32. The van der Waals surface area contributed by atoms with Crippen LogP contribution in [0.1, 0.15) is 19.5 Å². The first-order valence-electron chi connectivity index (χ1n) is 4.32. The summed E-state index contributed by atoms with van der Waals surface area (Å²) < 4.78 is 1.44. The lowest BCUT2D eigenvalue weighted by molar-refractivity contribution is -0.137. The Kier molecular flexibility index (Phi) is 3.06. The molecular weight excluding hydrogens is 168 g/mol. The summed E-state index contributed by atoms with van der Waals surface area (Å²) in [5.74, 6) is -0.313. The van der Waals surface area contributed by atoms with Crippen LogP contribution in [0, 0.1) is 5.92 Å². The molecule has 4 heteroatoms. The van der Waals surface area contributed by atoms with E-state index >= 15 is 0 Å². The van der Waals surface area contributed by atoms with Gasteiger partial charge in [-0.25, -0.2) is 0 Å². The summed E-state index contributed by atoms with van der Waals surface area (Å²) in [4.78, 5) is 10.3. The fraction of sp³-hybridized carbons (Fsp3) is 0.556. The predicted octanol–water partition coefficient (Wildman–Crippen LogP) is 1.17. The van der Waals surface area contributed by atoms with Crippen molar-refractivity contribution in [3.8, 4) is 0 Å².